The second kappa shape index (κ2) is 12.6. The maximum absolute atomic E-state index is 14.3. The van der Waals surface area contributed by atoms with E-state index in [4.69, 9.17) is 0 Å². The lowest BCUT2D eigenvalue weighted by atomic mass is 9.87. The number of benzene rings is 2. The molecule has 5 aromatic rings. The van der Waals surface area contributed by atoms with E-state index in [0.29, 0.717) is 44.6 Å². The molecular weight excluding hydrogens is 584 g/mol. The van der Waals surface area contributed by atoms with Gasteiger partial charge >= 0.3 is 0 Å². The van der Waals surface area contributed by atoms with Crippen LogP contribution in [0.2, 0.25) is 0 Å². The van der Waals surface area contributed by atoms with Crippen molar-refractivity contribution in [2.45, 2.75) is 39.2 Å². The third-order valence-electron chi connectivity index (χ3n) is 7.97. The molecule has 6 rings (SSSR count). The summed E-state index contributed by atoms with van der Waals surface area (Å²) < 4.78 is 3.12. The average Bonchev–Trinajstić information content (AvgIpc) is 3.38. The fourth-order valence-electron chi connectivity index (χ4n) is 5.84. The number of aryl methyl sites for hydroxylation is 1. The Morgan fingerprint density at radius 2 is 1.78 bits per heavy atom. The largest absolute Gasteiger partial charge is 0.345 e. The molecule has 11 nitrogen and oxygen atoms in total. The first-order chi connectivity index (χ1) is 22.2. The Kier molecular flexibility index (Phi) is 8.27. The van der Waals surface area contributed by atoms with Crippen LogP contribution in [-0.4, -0.2) is 49.1 Å². The van der Waals surface area contributed by atoms with Crippen LogP contribution in [0, 0.1) is 24.7 Å². The molecule has 0 bridgehead atoms. The minimum absolute atomic E-state index is 0.0139. The predicted octanol–water partition coefficient (Wildman–Crippen LogP) is 3.24. The van der Waals surface area contributed by atoms with Crippen LogP contribution in [0.4, 0.5) is 0 Å². The first-order valence-electron chi connectivity index (χ1n) is 14.9. The van der Waals surface area contributed by atoms with Gasteiger partial charge in [-0.2, -0.15) is 5.10 Å². The average molecular weight is 615 g/mol. The van der Waals surface area contributed by atoms with Gasteiger partial charge in [-0.05, 0) is 49.6 Å². The Bertz CT molecular complexity index is 2140. The molecule has 0 unspecified atom stereocenters. The second-order valence-electron chi connectivity index (χ2n) is 11.2. The van der Waals surface area contributed by atoms with Crippen LogP contribution in [0.5, 0.6) is 0 Å². The summed E-state index contributed by atoms with van der Waals surface area (Å²) in [6.07, 6.45) is 3.30. The number of hydrogen-bond donors (Lipinski definition) is 2. The number of ketones is 2. The summed E-state index contributed by atoms with van der Waals surface area (Å²) in [5.74, 6) is 4.00. The number of carbonyl (C=O) groups is 4. The molecule has 2 aromatic carbocycles. The van der Waals surface area contributed by atoms with Crippen LogP contribution in [-0.2, 0) is 14.4 Å². The number of hydrogen-bond acceptors (Lipinski definition) is 7. The van der Waals surface area contributed by atoms with Crippen LogP contribution < -0.4 is 16.2 Å². The number of aromatic nitrogens is 4. The van der Waals surface area contributed by atoms with E-state index in [2.05, 4.69) is 32.6 Å². The Hall–Kier alpha value is -5.89. The Balaban J connectivity index is 1.33. The van der Waals surface area contributed by atoms with Crippen molar-refractivity contribution in [3.8, 4) is 17.5 Å². The summed E-state index contributed by atoms with van der Waals surface area (Å²) in [5.41, 5.74) is 2.65. The van der Waals surface area contributed by atoms with E-state index in [0.717, 1.165) is 0 Å². The van der Waals surface area contributed by atoms with Crippen LogP contribution in [0.25, 0.3) is 22.1 Å². The van der Waals surface area contributed by atoms with E-state index in [1.165, 1.54) is 0 Å². The normalized spacial score (nSPS) is 14.1. The SMILES string of the molecule is Cc1nn2cccnc2c1C(=O)N[C@@H](C)c1cc2cccc(C#CCNC(=O)C3CC(=O)CC(=O)C3)c2c(=O)n1-c1ccccc1. The van der Waals surface area contributed by atoms with Crippen molar-refractivity contribution in [2.75, 3.05) is 6.54 Å². The zero-order chi connectivity index (χ0) is 32.4. The molecule has 1 saturated carbocycles. The molecule has 2 amide bonds. The number of pyridine rings is 1. The zero-order valence-electron chi connectivity index (χ0n) is 25.2. The number of Topliss-reactive ketones (excluding diaryl/α,β-unsaturated/α-hetero) is 2. The minimum atomic E-state index is -0.680. The number of nitrogens with one attached hydrogen (secondary N) is 2. The van der Waals surface area contributed by atoms with Gasteiger partial charge in [-0.3, -0.25) is 28.5 Å². The number of carbonyl (C=O) groups excluding carboxylic acids is 4. The molecular formula is C35H30N6O5. The monoisotopic (exact) mass is 614 g/mol. The van der Waals surface area contributed by atoms with Gasteiger partial charge in [0.15, 0.2) is 5.65 Å². The van der Waals surface area contributed by atoms with Gasteiger partial charge in [-0.1, -0.05) is 42.2 Å². The van der Waals surface area contributed by atoms with Gasteiger partial charge in [-0.15, -0.1) is 0 Å². The molecule has 1 aliphatic rings. The second-order valence-corrected chi connectivity index (χ2v) is 11.2. The minimum Gasteiger partial charge on any atom is -0.345 e. The van der Waals surface area contributed by atoms with Crippen molar-refractivity contribution in [3.63, 3.8) is 0 Å². The van der Waals surface area contributed by atoms with Crippen molar-refractivity contribution in [3.05, 3.63) is 106 Å². The molecule has 0 aliphatic heterocycles. The van der Waals surface area contributed by atoms with Crippen molar-refractivity contribution in [1.29, 1.82) is 0 Å². The molecule has 3 heterocycles. The van der Waals surface area contributed by atoms with E-state index < -0.39 is 17.9 Å². The molecule has 1 fully saturated rings. The van der Waals surface area contributed by atoms with Crippen molar-refractivity contribution < 1.29 is 19.2 Å². The maximum Gasteiger partial charge on any atom is 0.264 e. The summed E-state index contributed by atoms with van der Waals surface area (Å²) in [5, 5.41) is 11.1. The van der Waals surface area contributed by atoms with Crippen LogP contribution in [0.1, 0.15) is 59.5 Å². The van der Waals surface area contributed by atoms with Crippen LogP contribution >= 0.6 is 0 Å². The van der Waals surface area contributed by atoms with Gasteiger partial charge in [0, 0.05) is 42.2 Å². The summed E-state index contributed by atoms with van der Waals surface area (Å²) in [4.78, 5) is 68.1. The number of amides is 2. The van der Waals surface area contributed by atoms with Gasteiger partial charge in [0.05, 0.1) is 36.0 Å². The smallest absolute Gasteiger partial charge is 0.264 e. The van der Waals surface area contributed by atoms with Gasteiger partial charge < -0.3 is 10.6 Å². The Morgan fingerprint density at radius 3 is 2.54 bits per heavy atom. The predicted molar refractivity (Wildman–Crippen MR) is 170 cm³/mol. The summed E-state index contributed by atoms with van der Waals surface area (Å²) in [6, 6.07) is 17.5. The Labute approximate surface area is 263 Å². The highest BCUT2D eigenvalue weighted by atomic mass is 16.2. The molecule has 0 radical (unpaired) electrons. The van der Waals surface area contributed by atoms with Crippen molar-refractivity contribution in [2.24, 2.45) is 5.92 Å². The third-order valence-corrected chi connectivity index (χ3v) is 7.97. The van der Waals surface area contributed by atoms with E-state index in [1.54, 1.807) is 46.6 Å². The van der Waals surface area contributed by atoms with Crippen LogP contribution in [0.15, 0.2) is 77.9 Å². The number of rotatable bonds is 6. The summed E-state index contributed by atoms with van der Waals surface area (Å²) >= 11 is 0. The quantitative estimate of drug-likeness (QED) is 0.221. The van der Waals surface area contributed by atoms with E-state index in [-0.39, 0.29) is 48.8 Å². The summed E-state index contributed by atoms with van der Waals surface area (Å²) in [6.45, 7) is 3.54. The van der Waals surface area contributed by atoms with E-state index in [1.807, 2.05) is 49.4 Å². The molecule has 0 saturated heterocycles. The topological polar surface area (TPSA) is 145 Å². The molecule has 1 aliphatic carbocycles. The van der Waals surface area contributed by atoms with E-state index >= 15 is 0 Å². The fourth-order valence-corrected chi connectivity index (χ4v) is 5.84. The lowest BCUT2D eigenvalue weighted by Crippen LogP contribution is -2.36. The molecule has 0 spiro atoms. The first-order valence-corrected chi connectivity index (χ1v) is 14.9. The highest BCUT2D eigenvalue weighted by Gasteiger charge is 2.30. The third kappa shape index (κ3) is 5.93. The maximum atomic E-state index is 14.3. The number of para-hydroxylation sites is 1. The lowest BCUT2D eigenvalue weighted by molar-refractivity contribution is -0.137. The van der Waals surface area contributed by atoms with Gasteiger partial charge in [0.2, 0.25) is 5.91 Å². The van der Waals surface area contributed by atoms with Crippen molar-refractivity contribution in [1.82, 2.24) is 29.8 Å². The van der Waals surface area contributed by atoms with Crippen LogP contribution in [0.3, 0.4) is 0 Å². The standard InChI is InChI=1S/C35H30N6O5/c1-21(38-34(45)30-22(2)39-40-16-8-15-36-32(30)40)29-19-24-10-6-9-23(31(24)35(46)41(29)26-12-4-3-5-13-26)11-7-14-37-33(44)25-17-27(42)20-28(43)18-25/h3-6,8-10,12-13,15-16,19,21,25H,14,17-18,20H2,1-2H3,(H,37,44)(H,38,45)/t21-/m0/s1. The fraction of sp³-hybridized carbons (Fsp3) is 0.229. The molecule has 11 heteroatoms. The van der Waals surface area contributed by atoms with Gasteiger partial charge in [0.25, 0.3) is 11.5 Å². The number of fused-ring (bicyclic) bond motifs is 2. The lowest BCUT2D eigenvalue weighted by Gasteiger charge is -2.21. The van der Waals surface area contributed by atoms with E-state index in [9.17, 15) is 24.0 Å². The van der Waals surface area contributed by atoms with Gasteiger partial charge in [-0.25, -0.2) is 9.50 Å². The molecule has 3 aromatic heterocycles. The molecule has 230 valence electrons. The molecule has 46 heavy (non-hydrogen) atoms. The van der Waals surface area contributed by atoms with Gasteiger partial charge in [0.1, 0.15) is 17.1 Å². The zero-order valence-corrected chi connectivity index (χ0v) is 25.2. The Morgan fingerprint density at radius 1 is 1.02 bits per heavy atom. The molecule has 1 atom stereocenters. The number of nitrogens with zero attached hydrogens (tertiary/aromatic N) is 4. The van der Waals surface area contributed by atoms with Crippen molar-refractivity contribution >= 4 is 39.8 Å². The highest BCUT2D eigenvalue weighted by molar-refractivity contribution is 6.05. The molecule has 2 N–H and O–H groups in total. The summed E-state index contributed by atoms with van der Waals surface area (Å²) in [7, 11) is 0. The first kappa shape index (κ1) is 30.1. The highest BCUT2D eigenvalue weighted by Crippen LogP contribution is 2.24.